The molecule has 0 spiro atoms. The van der Waals surface area contributed by atoms with Crippen molar-refractivity contribution in [2.75, 3.05) is 0 Å². The molecule has 0 aromatic rings. The molecule has 0 aromatic carbocycles. The van der Waals surface area contributed by atoms with Crippen LogP contribution in [0.15, 0.2) is 49.6 Å². The Balaban J connectivity index is 0. The van der Waals surface area contributed by atoms with E-state index in [-0.39, 0.29) is 0 Å². The minimum absolute atomic E-state index is 0.619. The van der Waals surface area contributed by atoms with Gasteiger partial charge in [-0.25, -0.2) is 0 Å². The monoisotopic (exact) mass is 318 g/mol. The fraction of sp³-hybridized carbons (Fsp3) is 0.652. The number of allylic oxidation sites excluding steroid dienone is 5. The molecular formula is C23H42. The molecule has 1 unspecified atom stereocenters. The van der Waals surface area contributed by atoms with Crippen molar-refractivity contribution in [3.8, 4) is 0 Å². The molecule has 0 aliphatic heterocycles. The minimum atomic E-state index is 0.619. The van der Waals surface area contributed by atoms with Gasteiger partial charge in [-0.1, -0.05) is 76.3 Å². The summed E-state index contributed by atoms with van der Waals surface area (Å²) in [6.45, 7) is 17.9. The number of rotatable bonds is 14. The van der Waals surface area contributed by atoms with E-state index in [1.165, 1.54) is 64.2 Å². The van der Waals surface area contributed by atoms with Gasteiger partial charge in [0, 0.05) is 0 Å². The summed E-state index contributed by atoms with van der Waals surface area (Å²) in [5.41, 5.74) is 1.63. The number of unbranched alkanes of at least 4 members (excludes halogenated alkanes) is 6. The van der Waals surface area contributed by atoms with Crippen molar-refractivity contribution in [2.24, 2.45) is 5.92 Å². The standard InChI is InChI=1S/C17H30.C6H12/c1-5-8-9-10-11-12-14-17(13-6-2)15-16(4)7-3;1-3-5-6-4-2/h5,7,13,16H,1,3,6,8-12,14-15H2,2,4H3;3H,1,4-6H2,2H3. The molecule has 0 N–H and O–H groups in total. The SMILES string of the molecule is C=CCCCC.C=CCCCCCCC(=CCC)CC(C)C=C. The summed E-state index contributed by atoms with van der Waals surface area (Å²) in [6.07, 6.45) is 22.4. The second-order valence-electron chi connectivity index (χ2n) is 6.36. The van der Waals surface area contributed by atoms with Crippen LogP contribution in [0.25, 0.3) is 0 Å². The van der Waals surface area contributed by atoms with Gasteiger partial charge in [-0.2, -0.15) is 0 Å². The molecule has 134 valence electrons. The van der Waals surface area contributed by atoms with Crippen molar-refractivity contribution in [1.29, 1.82) is 0 Å². The zero-order chi connectivity index (χ0) is 17.8. The van der Waals surface area contributed by atoms with Crippen LogP contribution in [-0.2, 0) is 0 Å². The highest BCUT2D eigenvalue weighted by Crippen LogP contribution is 2.19. The Kier molecular flexibility index (Phi) is 22.1. The molecule has 0 saturated carbocycles. The molecule has 0 fully saturated rings. The van der Waals surface area contributed by atoms with Gasteiger partial charge in [0.2, 0.25) is 0 Å². The highest BCUT2D eigenvalue weighted by molar-refractivity contribution is 5.04. The molecule has 0 bridgehead atoms. The summed E-state index contributed by atoms with van der Waals surface area (Å²) in [4.78, 5) is 0. The molecule has 0 aliphatic rings. The van der Waals surface area contributed by atoms with E-state index in [9.17, 15) is 0 Å². The van der Waals surface area contributed by atoms with Crippen LogP contribution in [0.2, 0.25) is 0 Å². The third-order valence-electron chi connectivity index (χ3n) is 3.90. The van der Waals surface area contributed by atoms with E-state index < -0.39 is 0 Å². The minimum Gasteiger partial charge on any atom is -0.103 e. The third kappa shape index (κ3) is 21.0. The smallest absolute Gasteiger partial charge is 0.0227 e. The van der Waals surface area contributed by atoms with Crippen LogP contribution in [-0.4, -0.2) is 0 Å². The van der Waals surface area contributed by atoms with E-state index in [0.717, 1.165) is 6.42 Å². The summed E-state index contributed by atoms with van der Waals surface area (Å²) < 4.78 is 0. The first-order chi connectivity index (χ1) is 11.2. The average Bonchev–Trinajstić information content (AvgIpc) is 2.56. The molecule has 0 saturated heterocycles. The third-order valence-corrected chi connectivity index (χ3v) is 3.90. The number of hydrogen-bond donors (Lipinski definition) is 0. The van der Waals surface area contributed by atoms with E-state index in [1.807, 2.05) is 12.2 Å². The fourth-order valence-corrected chi connectivity index (χ4v) is 2.42. The Bertz CT molecular complexity index is 295. The van der Waals surface area contributed by atoms with Crippen LogP contribution in [0.5, 0.6) is 0 Å². The first kappa shape index (κ1) is 24.2. The van der Waals surface area contributed by atoms with E-state index >= 15 is 0 Å². The Morgan fingerprint density at radius 3 is 1.96 bits per heavy atom. The second kappa shape index (κ2) is 21.0. The highest BCUT2D eigenvalue weighted by atomic mass is 14.1. The van der Waals surface area contributed by atoms with Crippen LogP contribution in [0.4, 0.5) is 0 Å². The van der Waals surface area contributed by atoms with Gasteiger partial charge < -0.3 is 0 Å². The van der Waals surface area contributed by atoms with Crippen molar-refractivity contribution in [1.82, 2.24) is 0 Å². The zero-order valence-electron chi connectivity index (χ0n) is 16.3. The van der Waals surface area contributed by atoms with E-state index in [2.05, 4.69) is 52.7 Å². The van der Waals surface area contributed by atoms with Gasteiger partial charge in [0.15, 0.2) is 0 Å². The van der Waals surface area contributed by atoms with Gasteiger partial charge in [-0.3, -0.25) is 0 Å². The molecule has 0 rings (SSSR count). The van der Waals surface area contributed by atoms with Crippen LogP contribution < -0.4 is 0 Å². The topological polar surface area (TPSA) is 0 Å². The Hall–Kier alpha value is -1.04. The fourth-order valence-electron chi connectivity index (χ4n) is 2.42. The summed E-state index contributed by atoms with van der Waals surface area (Å²) in [5, 5.41) is 0. The average molecular weight is 319 g/mol. The van der Waals surface area contributed by atoms with Crippen LogP contribution in [0.3, 0.4) is 0 Å². The molecule has 0 heterocycles. The lowest BCUT2D eigenvalue weighted by Gasteiger charge is -2.10. The van der Waals surface area contributed by atoms with Gasteiger partial charge in [-0.15, -0.1) is 19.7 Å². The molecule has 0 radical (unpaired) electrons. The maximum atomic E-state index is 3.87. The first-order valence-electron chi connectivity index (χ1n) is 9.68. The highest BCUT2D eigenvalue weighted by Gasteiger charge is 2.02. The van der Waals surface area contributed by atoms with E-state index in [0.29, 0.717) is 5.92 Å². The molecule has 0 aromatic heterocycles. The summed E-state index contributed by atoms with van der Waals surface area (Å²) in [5.74, 6) is 0.619. The maximum absolute atomic E-state index is 3.87. The number of hydrogen-bond acceptors (Lipinski definition) is 0. The predicted octanol–water partition coefficient (Wildman–Crippen LogP) is 8.42. The molecule has 0 heteroatoms. The van der Waals surface area contributed by atoms with Crippen LogP contribution in [0.1, 0.15) is 91.4 Å². The van der Waals surface area contributed by atoms with E-state index in [4.69, 9.17) is 0 Å². The molecule has 23 heavy (non-hydrogen) atoms. The normalized spacial score (nSPS) is 12.0. The molecule has 0 nitrogen and oxygen atoms in total. The lowest BCUT2D eigenvalue weighted by molar-refractivity contribution is 0.616. The second-order valence-corrected chi connectivity index (χ2v) is 6.36. The Morgan fingerprint density at radius 2 is 1.48 bits per heavy atom. The van der Waals surface area contributed by atoms with Crippen molar-refractivity contribution < 1.29 is 0 Å². The quantitative estimate of drug-likeness (QED) is 0.223. The van der Waals surface area contributed by atoms with Crippen molar-refractivity contribution >= 4 is 0 Å². The molecule has 0 aliphatic carbocycles. The van der Waals surface area contributed by atoms with Crippen molar-refractivity contribution in [2.45, 2.75) is 91.4 Å². The van der Waals surface area contributed by atoms with E-state index in [1.54, 1.807) is 5.57 Å². The van der Waals surface area contributed by atoms with Gasteiger partial charge in [0.1, 0.15) is 0 Å². The molecule has 0 amide bonds. The summed E-state index contributed by atoms with van der Waals surface area (Å²) >= 11 is 0. The van der Waals surface area contributed by atoms with Crippen molar-refractivity contribution in [3.63, 3.8) is 0 Å². The summed E-state index contributed by atoms with van der Waals surface area (Å²) in [7, 11) is 0. The van der Waals surface area contributed by atoms with Crippen LogP contribution in [0, 0.1) is 5.92 Å². The van der Waals surface area contributed by atoms with Gasteiger partial charge in [0.25, 0.3) is 0 Å². The van der Waals surface area contributed by atoms with Crippen molar-refractivity contribution in [3.05, 3.63) is 49.6 Å². The maximum Gasteiger partial charge on any atom is -0.0227 e. The van der Waals surface area contributed by atoms with Gasteiger partial charge in [-0.05, 0) is 50.9 Å². The lowest BCUT2D eigenvalue weighted by atomic mass is 9.95. The molecule has 1 atom stereocenters. The van der Waals surface area contributed by atoms with Gasteiger partial charge >= 0.3 is 0 Å². The Morgan fingerprint density at radius 1 is 0.870 bits per heavy atom. The molecular weight excluding hydrogens is 276 g/mol. The lowest BCUT2D eigenvalue weighted by Crippen LogP contribution is -1.94. The predicted molar refractivity (Wildman–Crippen MR) is 110 cm³/mol. The largest absolute Gasteiger partial charge is 0.103 e. The first-order valence-corrected chi connectivity index (χ1v) is 9.68. The van der Waals surface area contributed by atoms with Gasteiger partial charge in [0.05, 0.1) is 0 Å². The Labute approximate surface area is 147 Å². The summed E-state index contributed by atoms with van der Waals surface area (Å²) in [6, 6.07) is 0. The zero-order valence-corrected chi connectivity index (χ0v) is 16.3. The van der Waals surface area contributed by atoms with Crippen LogP contribution >= 0.6 is 0 Å².